The van der Waals surface area contributed by atoms with Gasteiger partial charge in [-0.3, -0.25) is 4.79 Å². The highest BCUT2D eigenvalue weighted by atomic mass is 35.5. The van der Waals surface area contributed by atoms with E-state index < -0.39 is 0 Å². The van der Waals surface area contributed by atoms with E-state index in [4.69, 9.17) is 5.73 Å². The number of halogens is 1. The Hall–Kier alpha value is 0.0700. The summed E-state index contributed by atoms with van der Waals surface area (Å²) in [7, 11) is 0. The van der Waals surface area contributed by atoms with Crippen molar-refractivity contribution in [3.8, 4) is 0 Å². The van der Waals surface area contributed by atoms with Crippen LogP contribution in [0.5, 0.6) is 0 Å². The highest BCUT2D eigenvalue weighted by Crippen LogP contribution is 2.38. The molecule has 0 aromatic carbocycles. The number of carbonyl (C=O) groups is 1. The molecule has 0 heterocycles. The summed E-state index contributed by atoms with van der Waals surface area (Å²) < 4.78 is 0. The summed E-state index contributed by atoms with van der Waals surface area (Å²) in [6.07, 6.45) is 8.68. The molecule has 1 fully saturated rings. The van der Waals surface area contributed by atoms with Crippen LogP contribution in [0.25, 0.3) is 0 Å². The van der Waals surface area contributed by atoms with E-state index in [1.165, 1.54) is 19.3 Å². The lowest BCUT2D eigenvalue weighted by Crippen LogP contribution is -2.39. The van der Waals surface area contributed by atoms with Crippen molar-refractivity contribution in [3.05, 3.63) is 0 Å². The molecule has 0 aromatic heterocycles. The van der Waals surface area contributed by atoms with Gasteiger partial charge < -0.3 is 11.1 Å². The van der Waals surface area contributed by atoms with Crippen LogP contribution in [0.4, 0.5) is 0 Å². The second-order valence-corrected chi connectivity index (χ2v) is 6.57. The van der Waals surface area contributed by atoms with E-state index in [-0.39, 0.29) is 23.7 Å². The molecule has 0 radical (unpaired) electrons. The normalized spacial score (nSPS) is 19.7. The topological polar surface area (TPSA) is 55.1 Å². The van der Waals surface area contributed by atoms with Gasteiger partial charge in [0.05, 0.1) is 0 Å². The number of hydrogen-bond donors (Lipinski definition) is 2. The van der Waals surface area contributed by atoms with Gasteiger partial charge in [-0.1, -0.05) is 26.2 Å². The minimum absolute atomic E-state index is 0. The summed E-state index contributed by atoms with van der Waals surface area (Å²) in [5.41, 5.74) is 5.97. The molecule has 1 atom stereocenters. The summed E-state index contributed by atoms with van der Waals surface area (Å²) in [6.45, 7) is 3.55. The zero-order valence-corrected chi connectivity index (χ0v) is 13.2. The van der Waals surface area contributed by atoms with Crippen molar-refractivity contribution in [3.63, 3.8) is 0 Å². The van der Waals surface area contributed by atoms with E-state index in [9.17, 15) is 4.79 Å². The molecule has 5 heteroatoms. The summed E-state index contributed by atoms with van der Waals surface area (Å²) in [6, 6.07) is 0. The first-order chi connectivity index (χ1) is 8.12. The minimum Gasteiger partial charge on any atom is -0.355 e. The largest absolute Gasteiger partial charge is 0.355 e. The highest BCUT2D eigenvalue weighted by molar-refractivity contribution is 7.99. The molecular formula is C13H27ClN2OS. The molecule has 0 aromatic rings. The van der Waals surface area contributed by atoms with Crippen LogP contribution in [0, 0.1) is 5.41 Å². The van der Waals surface area contributed by atoms with E-state index in [0.29, 0.717) is 18.2 Å². The number of nitrogens with one attached hydrogen (secondary N) is 1. The highest BCUT2D eigenvalue weighted by Gasteiger charge is 2.32. The number of nitrogens with two attached hydrogens (primary N) is 1. The van der Waals surface area contributed by atoms with Crippen LogP contribution in [-0.4, -0.2) is 30.5 Å². The third-order valence-corrected chi connectivity index (χ3v) is 4.84. The van der Waals surface area contributed by atoms with Gasteiger partial charge in [-0.15, -0.1) is 12.4 Å². The van der Waals surface area contributed by atoms with E-state index >= 15 is 0 Å². The van der Waals surface area contributed by atoms with Gasteiger partial charge >= 0.3 is 0 Å². The molecule has 18 heavy (non-hydrogen) atoms. The number of thioether (sulfide) groups is 1. The minimum atomic E-state index is 0. The molecule has 1 aliphatic rings. The summed E-state index contributed by atoms with van der Waals surface area (Å²) >= 11 is 1.78. The zero-order valence-electron chi connectivity index (χ0n) is 11.5. The standard InChI is InChI=1S/C13H26N2OS.ClH/c1-11(17-2)9-15-12(16)8-13(10-14)6-4-3-5-7-13;/h11H,3-10,14H2,1-2H3,(H,15,16);1H. The van der Waals surface area contributed by atoms with Gasteiger partial charge in [0.1, 0.15) is 0 Å². The van der Waals surface area contributed by atoms with Crippen molar-refractivity contribution >= 4 is 30.1 Å². The molecule has 3 nitrogen and oxygen atoms in total. The molecular weight excluding hydrogens is 268 g/mol. The molecule has 1 rings (SSSR count). The first kappa shape index (κ1) is 18.1. The fourth-order valence-electron chi connectivity index (χ4n) is 2.50. The molecule has 1 saturated carbocycles. The fraction of sp³-hybridized carbons (Fsp3) is 0.923. The maximum atomic E-state index is 11.9. The fourth-order valence-corrected chi connectivity index (χ4v) is 2.75. The maximum Gasteiger partial charge on any atom is 0.220 e. The molecule has 0 aliphatic heterocycles. The van der Waals surface area contributed by atoms with Crippen LogP contribution in [0.1, 0.15) is 45.4 Å². The van der Waals surface area contributed by atoms with Gasteiger partial charge in [-0.05, 0) is 31.1 Å². The van der Waals surface area contributed by atoms with Crippen LogP contribution >= 0.6 is 24.2 Å². The molecule has 1 unspecified atom stereocenters. The molecule has 0 spiro atoms. The summed E-state index contributed by atoms with van der Waals surface area (Å²) in [5, 5.41) is 3.51. The predicted molar refractivity (Wildman–Crippen MR) is 82.4 cm³/mol. The number of hydrogen-bond acceptors (Lipinski definition) is 3. The van der Waals surface area contributed by atoms with Crippen molar-refractivity contribution in [1.29, 1.82) is 0 Å². The summed E-state index contributed by atoms with van der Waals surface area (Å²) in [5.74, 6) is 0.179. The Morgan fingerprint density at radius 2 is 2.00 bits per heavy atom. The van der Waals surface area contributed by atoms with Crippen LogP contribution in [0.3, 0.4) is 0 Å². The van der Waals surface area contributed by atoms with Gasteiger partial charge in [-0.2, -0.15) is 11.8 Å². The average Bonchev–Trinajstić information content (AvgIpc) is 2.37. The van der Waals surface area contributed by atoms with Crippen LogP contribution in [0.2, 0.25) is 0 Å². The lowest BCUT2D eigenvalue weighted by atomic mass is 9.71. The van der Waals surface area contributed by atoms with E-state index in [0.717, 1.165) is 19.4 Å². The molecule has 3 N–H and O–H groups in total. The first-order valence-electron chi connectivity index (χ1n) is 6.61. The Labute approximate surface area is 121 Å². The van der Waals surface area contributed by atoms with Gasteiger partial charge in [0.15, 0.2) is 0 Å². The Morgan fingerprint density at radius 3 is 2.50 bits per heavy atom. The van der Waals surface area contributed by atoms with E-state index in [1.807, 2.05) is 0 Å². The van der Waals surface area contributed by atoms with Crippen molar-refractivity contribution < 1.29 is 4.79 Å². The SMILES string of the molecule is CSC(C)CNC(=O)CC1(CN)CCCCC1.Cl. The molecule has 1 amide bonds. The van der Waals surface area contributed by atoms with E-state index in [1.54, 1.807) is 11.8 Å². The van der Waals surface area contributed by atoms with Crippen molar-refractivity contribution in [2.45, 2.75) is 50.7 Å². The Bertz CT molecular complexity index is 245. The van der Waals surface area contributed by atoms with E-state index in [2.05, 4.69) is 18.5 Å². The van der Waals surface area contributed by atoms with Crippen molar-refractivity contribution in [1.82, 2.24) is 5.32 Å². The maximum absolute atomic E-state index is 11.9. The van der Waals surface area contributed by atoms with Gasteiger partial charge in [0.2, 0.25) is 5.91 Å². The lowest BCUT2D eigenvalue weighted by molar-refractivity contribution is -0.123. The zero-order chi connectivity index (χ0) is 12.7. The Morgan fingerprint density at radius 1 is 1.39 bits per heavy atom. The van der Waals surface area contributed by atoms with Crippen LogP contribution < -0.4 is 11.1 Å². The van der Waals surface area contributed by atoms with Crippen molar-refractivity contribution in [2.24, 2.45) is 11.1 Å². The molecule has 108 valence electrons. The number of amides is 1. The first-order valence-corrected chi connectivity index (χ1v) is 7.90. The smallest absolute Gasteiger partial charge is 0.220 e. The van der Waals surface area contributed by atoms with Gasteiger partial charge in [0, 0.05) is 18.2 Å². The van der Waals surface area contributed by atoms with Gasteiger partial charge in [-0.25, -0.2) is 0 Å². The molecule has 0 saturated heterocycles. The lowest BCUT2D eigenvalue weighted by Gasteiger charge is -2.35. The van der Waals surface area contributed by atoms with Gasteiger partial charge in [0.25, 0.3) is 0 Å². The molecule has 0 bridgehead atoms. The number of rotatable bonds is 6. The third kappa shape index (κ3) is 5.81. The monoisotopic (exact) mass is 294 g/mol. The molecule has 1 aliphatic carbocycles. The predicted octanol–water partition coefficient (Wildman–Crippen LogP) is 2.58. The number of carbonyl (C=O) groups excluding carboxylic acids is 1. The third-order valence-electron chi connectivity index (χ3n) is 3.87. The second-order valence-electron chi connectivity index (χ2n) is 5.29. The quantitative estimate of drug-likeness (QED) is 0.792. The second kappa shape index (κ2) is 9.05. The Balaban J connectivity index is 0.00000289. The van der Waals surface area contributed by atoms with Crippen LogP contribution in [-0.2, 0) is 4.79 Å². The van der Waals surface area contributed by atoms with Crippen LogP contribution in [0.15, 0.2) is 0 Å². The van der Waals surface area contributed by atoms with Crippen molar-refractivity contribution in [2.75, 3.05) is 19.3 Å². The summed E-state index contributed by atoms with van der Waals surface area (Å²) in [4.78, 5) is 11.9. The Kier molecular flexibility index (Phi) is 9.09. The average molecular weight is 295 g/mol.